The molecule has 2 heterocycles. The van der Waals surface area contributed by atoms with Gasteiger partial charge in [0.15, 0.2) is 11.5 Å². The molecule has 3 atom stereocenters. The van der Waals surface area contributed by atoms with Crippen molar-refractivity contribution >= 4 is 12.4 Å². The topological polar surface area (TPSA) is 24.9 Å². The minimum atomic E-state index is -0.234. The van der Waals surface area contributed by atoms with E-state index in [-0.39, 0.29) is 18.2 Å². The predicted octanol–water partition coefficient (Wildman–Crippen LogP) is 4.31. The zero-order chi connectivity index (χ0) is 19.8. The van der Waals surface area contributed by atoms with Gasteiger partial charge in [0.05, 0.1) is 14.2 Å². The lowest BCUT2D eigenvalue weighted by Crippen LogP contribution is -2.29. The molecule has 4 nitrogen and oxygen atoms in total. The molecule has 0 N–H and O–H groups in total. The van der Waals surface area contributed by atoms with Crippen LogP contribution in [0.2, 0.25) is 0 Å². The molecule has 0 aliphatic carbocycles. The van der Waals surface area contributed by atoms with Crippen LogP contribution in [-0.4, -0.2) is 50.7 Å². The van der Waals surface area contributed by atoms with Crippen LogP contribution in [0.5, 0.6) is 11.5 Å². The molecule has 0 spiro atoms. The third-order valence-corrected chi connectivity index (χ3v) is 6.42. The third kappa shape index (κ3) is 4.09. The van der Waals surface area contributed by atoms with E-state index in [4.69, 9.17) is 9.47 Å². The van der Waals surface area contributed by atoms with Crippen LogP contribution < -0.4 is 9.47 Å². The molecule has 2 aromatic carbocycles. The summed E-state index contributed by atoms with van der Waals surface area (Å²) in [4.78, 5) is 4.88. The SMILES string of the molecule is COc1cc(F)c(CN2C[C@@H]3CN(C)[C@H](c4ccccc4C)[C@@H]3C2)cc1OC.Cl. The van der Waals surface area contributed by atoms with Gasteiger partial charge in [0.2, 0.25) is 0 Å². The Kier molecular flexibility index (Phi) is 6.72. The van der Waals surface area contributed by atoms with E-state index in [0.29, 0.717) is 41.5 Å². The molecule has 4 rings (SSSR count). The van der Waals surface area contributed by atoms with Crippen LogP contribution in [0.25, 0.3) is 0 Å². The smallest absolute Gasteiger partial charge is 0.163 e. The largest absolute Gasteiger partial charge is 0.493 e. The lowest BCUT2D eigenvalue weighted by atomic mass is 9.88. The van der Waals surface area contributed by atoms with Crippen molar-refractivity contribution in [1.29, 1.82) is 0 Å². The molecule has 2 fully saturated rings. The second-order valence-corrected chi connectivity index (χ2v) is 8.16. The average Bonchev–Trinajstić information content (AvgIpc) is 3.19. The molecule has 29 heavy (non-hydrogen) atoms. The molecule has 6 heteroatoms. The summed E-state index contributed by atoms with van der Waals surface area (Å²) in [7, 11) is 5.34. The molecular weight excluding hydrogens is 391 g/mol. The number of fused-ring (bicyclic) bond motifs is 1. The highest BCUT2D eigenvalue weighted by atomic mass is 35.5. The lowest BCUT2D eigenvalue weighted by molar-refractivity contribution is 0.222. The van der Waals surface area contributed by atoms with Gasteiger partial charge in [0, 0.05) is 43.9 Å². The van der Waals surface area contributed by atoms with Crippen molar-refractivity contribution in [2.75, 3.05) is 40.9 Å². The van der Waals surface area contributed by atoms with Crippen LogP contribution in [-0.2, 0) is 6.54 Å². The summed E-state index contributed by atoms with van der Waals surface area (Å²) in [6.45, 7) is 5.88. The molecule has 2 aliphatic heterocycles. The van der Waals surface area contributed by atoms with E-state index in [2.05, 4.69) is 48.0 Å². The first kappa shape index (κ1) is 21.9. The van der Waals surface area contributed by atoms with Crippen molar-refractivity contribution in [3.63, 3.8) is 0 Å². The van der Waals surface area contributed by atoms with Crippen molar-refractivity contribution in [2.24, 2.45) is 11.8 Å². The van der Waals surface area contributed by atoms with Crippen LogP contribution in [0, 0.1) is 24.6 Å². The summed E-state index contributed by atoms with van der Waals surface area (Å²) in [6.07, 6.45) is 0. The maximum absolute atomic E-state index is 14.6. The van der Waals surface area contributed by atoms with Gasteiger partial charge in [-0.1, -0.05) is 24.3 Å². The van der Waals surface area contributed by atoms with Crippen LogP contribution in [0.3, 0.4) is 0 Å². The van der Waals surface area contributed by atoms with Gasteiger partial charge in [-0.3, -0.25) is 9.80 Å². The Morgan fingerprint density at radius 1 is 1.03 bits per heavy atom. The third-order valence-electron chi connectivity index (χ3n) is 6.42. The number of hydrogen-bond acceptors (Lipinski definition) is 4. The molecule has 2 saturated heterocycles. The Balaban J connectivity index is 0.00000240. The van der Waals surface area contributed by atoms with E-state index < -0.39 is 0 Å². The van der Waals surface area contributed by atoms with Gasteiger partial charge in [-0.2, -0.15) is 0 Å². The molecule has 0 aromatic heterocycles. The van der Waals surface area contributed by atoms with Crippen molar-refractivity contribution < 1.29 is 13.9 Å². The van der Waals surface area contributed by atoms with Gasteiger partial charge >= 0.3 is 0 Å². The van der Waals surface area contributed by atoms with Crippen molar-refractivity contribution in [3.05, 3.63) is 58.9 Å². The number of nitrogens with zero attached hydrogens (tertiary/aromatic N) is 2. The molecule has 0 unspecified atom stereocenters. The van der Waals surface area contributed by atoms with E-state index >= 15 is 0 Å². The Hall–Kier alpha value is -1.82. The summed E-state index contributed by atoms with van der Waals surface area (Å²) >= 11 is 0. The molecule has 2 aromatic rings. The number of halogens is 2. The van der Waals surface area contributed by atoms with Gasteiger partial charge in [-0.05, 0) is 43.0 Å². The first-order valence-electron chi connectivity index (χ1n) is 9.90. The summed E-state index contributed by atoms with van der Waals surface area (Å²) < 4.78 is 25.1. The highest BCUT2D eigenvalue weighted by Gasteiger charge is 2.46. The zero-order valence-corrected chi connectivity index (χ0v) is 18.3. The number of ether oxygens (including phenoxy) is 2. The minimum Gasteiger partial charge on any atom is -0.493 e. The van der Waals surface area contributed by atoms with Crippen LogP contribution >= 0.6 is 12.4 Å². The Morgan fingerprint density at radius 2 is 1.72 bits per heavy atom. The maximum Gasteiger partial charge on any atom is 0.163 e. The minimum absolute atomic E-state index is 0. The molecule has 0 saturated carbocycles. The van der Waals surface area contributed by atoms with Gasteiger partial charge in [-0.15, -0.1) is 12.4 Å². The van der Waals surface area contributed by atoms with Gasteiger partial charge in [0.25, 0.3) is 0 Å². The second-order valence-electron chi connectivity index (χ2n) is 8.16. The Bertz CT molecular complexity index is 863. The second kappa shape index (κ2) is 8.90. The van der Waals surface area contributed by atoms with Crippen LogP contribution in [0.15, 0.2) is 36.4 Å². The summed E-state index contributed by atoms with van der Waals surface area (Å²) in [5.41, 5.74) is 3.44. The summed E-state index contributed by atoms with van der Waals surface area (Å²) in [5, 5.41) is 0. The van der Waals surface area contributed by atoms with Gasteiger partial charge < -0.3 is 9.47 Å². The fraction of sp³-hybridized carbons (Fsp3) is 0.478. The average molecular weight is 421 g/mol. The molecule has 0 bridgehead atoms. The first-order chi connectivity index (χ1) is 13.5. The molecule has 0 radical (unpaired) electrons. The summed E-state index contributed by atoms with van der Waals surface area (Å²) in [6, 6.07) is 12.3. The number of benzene rings is 2. The Labute approximate surface area is 179 Å². The first-order valence-corrected chi connectivity index (χ1v) is 9.90. The van der Waals surface area contributed by atoms with E-state index in [0.717, 1.165) is 19.6 Å². The van der Waals surface area contributed by atoms with E-state index in [1.165, 1.54) is 24.3 Å². The zero-order valence-electron chi connectivity index (χ0n) is 17.5. The lowest BCUT2D eigenvalue weighted by Gasteiger charge is -2.28. The quantitative estimate of drug-likeness (QED) is 0.719. The monoisotopic (exact) mass is 420 g/mol. The van der Waals surface area contributed by atoms with E-state index in [1.54, 1.807) is 13.2 Å². The van der Waals surface area contributed by atoms with Crippen molar-refractivity contribution in [1.82, 2.24) is 9.80 Å². The maximum atomic E-state index is 14.6. The fourth-order valence-electron chi connectivity index (χ4n) is 5.12. The van der Waals surface area contributed by atoms with Crippen LogP contribution in [0.4, 0.5) is 4.39 Å². The number of rotatable bonds is 5. The highest BCUT2D eigenvalue weighted by molar-refractivity contribution is 5.85. The number of methoxy groups -OCH3 is 2. The molecule has 2 aliphatic rings. The number of aryl methyl sites for hydroxylation is 1. The van der Waals surface area contributed by atoms with Crippen molar-refractivity contribution in [2.45, 2.75) is 19.5 Å². The van der Waals surface area contributed by atoms with Gasteiger partial charge in [0.1, 0.15) is 5.82 Å². The molecule has 158 valence electrons. The van der Waals surface area contributed by atoms with Gasteiger partial charge in [-0.25, -0.2) is 4.39 Å². The molecular formula is C23H30ClFN2O2. The molecule has 0 amide bonds. The van der Waals surface area contributed by atoms with E-state index in [9.17, 15) is 4.39 Å². The van der Waals surface area contributed by atoms with Crippen LogP contribution in [0.1, 0.15) is 22.7 Å². The Morgan fingerprint density at radius 3 is 2.41 bits per heavy atom. The number of hydrogen-bond donors (Lipinski definition) is 0. The van der Waals surface area contributed by atoms with E-state index in [1.807, 2.05) is 0 Å². The highest BCUT2D eigenvalue weighted by Crippen LogP contribution is 2.45. The standard InChI is InChI=1S/C23H29FN2O2.ClH/c1-15-7-5-6-8-18(15)23-19-14-26(13-17(19)11-25(23)2)12-16-9-21(27-3)22(28-4)10-20(16)24;/h5-10,17,19,23H,11-14H2,1-4H3;1H/t17-,19+,23+;/m0./s1. The summed E-state index contributed by atoms with van der Waals surface area (Å²) in [5.74, 6) is 1.98. The van der Waals surface area contributed by atoms with Crippen molar-refractivity contribution in [3.8, 4) is 11.5 Å². The fourth-order valence-corrected chi connectivity index (χ4v) is 5.12. The number of likely N-dealkylation sites (tertiary alicyclic amines) is 2. The normalized spacial score (nSPS) is 24.2. The predicted molar refractivity (Wildman–Crippen MR) is 116 cm³/mol.